The van der Waals surface area contributed by atoms with Crippen molar-refractivity contribution in [2.24, 2.45) is 5.92 Å². The van der Waals surface area contributed by atoms with Crippen molar-refractivity contribution in [3.05, 3.63) is 91.4 Å². The number of carbonyl (C=O) groups is 2. The lowest BCUT2D eigenvalue weighted by atomic mass is 10.1. The fourth-order valence-electron chi connectivity index (χ4n) is 3.65. The van der Waals surface area contributed by atoms with E-state index in [0.717, 1.165) is 12.1 Å². The molecule has 0 aromatic heterocycles. The van der Waals surface area contributed by atoms with Crippen LogP contribution in [0, 0.1) is 17.6 Å². The summed E-state index contributed by atoms with van der Waals surface area (Å²) in [5, 5.41) is 5.44. The normalized spacial score (nSPS) is 18.2. The molecular weight excluding hydrogens is 587 g/mol. The number of nitrogens with one attached hydrogen (secondary N) is 2. The van der Waals surface area contributed by atoms with Crippen LogP contribution in [0.5, 0.6) is 0 Å². The number of hydrogen-bond donors (Lipinski definition) is 2. The van der Waals surface area contributed by atoms with Crippen LogP contribution in [0.3, 0.4) is 0 Å². The van der Waals surface area contributed by atoms with E-state index >= 15 is 0 Å². The highest BCUT2D eigenvalue weighted by Gasteiger charge is 2.67. The molecule has 2 amide bonds. The Bertz CT molecular complexity index is 1350. The quantitative estimate of drug-likeness (QED) is 0.290. The molecule has 12 heteroatoms. The number of carbonyl (C=O) groups excluding carboxylic acids is 2. The molecule has 2 atom stereocenters. The van der Waals surface area contributed by atoms with E-state index in [0.29, 0.717) is 21.7 Å². The molecule has 1 aliphatic rings. The third kappa shape index (κ3) is 5.48. The molecule has 2 N–H and O–H groups in total. The van der Waals surface area contributed by atoms with Gasteiger partial charge in [0, 0.05) is 27.7 Å². The average Bonchev–Trinajstić information content (AvgIpc) is 3.34. The standard InChI is InChI=1S/C23H12Cl6F2N2O2/c24-10-3-9(4-11(25)5-10)18-19(23(18,28)29)22(35)32-13-7-14(20(27)15(26)8-13)21(34)33-17-2-1-12(30)6-16(17)31/h1-8,18-19H,(H,32,35)(H,33,34). The Balaban J connectivity index is 1.56. The van der Waals surface area contributed by atoms with Gasteiger partial charge in [-0.3, -0.25) is 9.59 Å². The number of alkyl halides is 2. The average molecular weight is 599 g/mol. The van der Waals surface area contributed by atoms with Crippen LogP contribution in [0.2, 0.25) is 20.1 Å². The number of halogens is 8. The van der Waals surface area contributed by atoms with Crippen molar-refractivity contribution < 1.29 is 18.4 Å². The second kappa shape index (κ2) is 9.92. The van der Waals surface area contributed by atoms with Crippen LogP contribution in [-0.2, 0) is 4.79 Å². The van der Waals surface area contributed by atoms with Gasteiger partial charge in [-0.15, -0.1) is 23.2 Å². The molecule has 1 saturated carbocycles. The minimum Gasteiger partial charge on any atom is -0.326 e. The van der Waals surface area contributed by atoms with Crippen LogP contribution in [-0.4, -0.2) is 16.1 Å². The molecule has 0 saturated heterocycles. The fourth-order valence-corrected chi connectivity index (χ4v) is 5.43. The number of amides is 2. The van der Waals surface area contributed by atoms with Crippen LogP contribution in [0.1, 0.15) is 21.8 Å². The van der Waals surface area contributed by atoms with E-state index in [1.807, 2.05) is 0 Å². The summed E-state index contributed by atoms with van der Waals surface area (Å²) >= 11 is 37.1. The summed E-state index contributed by atoms with van der Waals surface area (Å²) in [5.74, 6) is -4.62. The molecule has 1 fully saturated rings. The van der Waals surface area contributed by atoms with Crippen LogP contribution < -0.4 is 10.6 Å². The Labute approximate surface area is 228 Å². The number of benzene rings is 3. The zero-order valence-electron chi connectivity index (χ0n) is 17.1. The Morgan fingerprint density at radius 1 is 0.857 bits per heavy atom. The lowest BCUT2D eigenvalue weighted by molar-refractivity contribution is -0.117. The predicted octanol–water partition coefficient (Wildman–Crippen LogP) is 8.36. The van der Waals surface area contributed by atoms with Gasteiger partial charge in [0.25, 0.3) is 5.91 Å². The van der Waals surface area contributed by atoms with Gasteiger partial charge in [0.15, 0.2) is 0 Å². The van der Waals surface area contributed by atoms with Crippen molar-refractivity contribution in [1.82, 2.24) is 0 Å². The minimum absolute atomic E-state index is 0.0498. The van der Waals surface area contributed by atoms with Crippen molar-refractivity contribution in [3.63, 3.8) is 0 Å². The highest BCUT2D eigenvalue weighted by molar-refractivity contribution is 6.53. The molecule has 0 radical (unpaired) electrons. The summed E-state index contributed by atoms with van der Waals surface area (Å²) in [4.78, 5) is 25.7. The summed E-state index contributed by atoms with van der Waals surface area (Å²) in [6.07, 6.45) is 0. The van der Waals surface area contributed by atoms with E-state index in [9.17, 15) is 18.4 Å². The Morgan fingerprint density at radius 2 is 1.51 bits per heavy atom. The van der Waals surface area contributed by atoms with Gasteiger partial charge >= 0.3 is 0 Å². The zero-order valence-corrected chi connectivity index (χ0v) is 21.6. The molecular formula is C23H12Cl6F2N2O2. The number of hydrogen-bond acceptors (Lipinski definition) is 2. The number of rotatable bonds is 5. The molecule has 182 valence electrons. The maximum atomic E-state index is 13.9. The van der Waals surface area contributed by atoms with Gasteiger partial charge in [0.05, 0.1) is 27.2 Å². The van der Waals surface area contributed by atoms with Crippen LogP contribution in [0.4, 0.5) is 20.2 Å². The zero-order chi connectivity index (χ0) is 25.7. The van der Waals surface area contributed by atoms with Crippen molar-refractivity contribution in [2.75, 3.05) is 10.6 Å². The van der Waals surface area contributed by atoms with Crippen molar-refractivity contribution >= 4 is 92.8 Å². The highest BCUT2D eigenvalue weighted by Crippen LogP contribution is 2.65. The van der Waals surface area contributed by atoms with E-state index in [4.69, 9.17) is 69.6 Å². The molecule has 3 aromatic rings. The Morgan fingerprint density at radius 3 is 2.14 bits per heavy atom. The summed E-state index contributed by atoms with van der Waals surface area (Å²) < 4.78 is 25.7. The molecule has 4 rings (SSSR count). The monoisotopic (exact) mass is 596 g/mol. The molecule has 35 heavy (non-hydrogen) atoms. The van der Waals surface area contributed by atoms with E-state index in [-0.39, 0.29) is 27.0 Å². The third-order valence-corrected chi connectivity index (χ3v) is 7.48. The third-order valence-electron chi connectivity index (χ3n) is 5.30. The lowest BCUT2D eigenvalue weighted by Gasteiger charge is -2.12. The molecule has 3 aromatic carbocycles. The van der Waals surface area contributed by atoms with E-state index in [2.05, 4.69) is 10.6 Å². The maximum Gasteiger partial charge on any atom is 0.257 e. The van der Waals surface area contributed by atoms with Gasteiger partial charge in [-0.25, -0.2) is 8.78 Å². The van der Waals surface area contributed by atoms with Gasteiger partial charge in [0.2, 0.25) is 5.91 Å². The van der Waals surface area contributed by atoms with Crippen LogP contribution >= 0.6 is 69.6 Å². The van der Waals surface area contributed by atoms with Gasteiger partial charge in [-0.2, -0.15) is 0 Å². The van der Waals surface area contributed by atoms with Crippen molar-refractivity contribution in [1.29, 1.82) is 0 Å². The van der Waals surface area contributed by atoms with Gasteiger partial charge < -0.3 is 10.6 Å². The van der Waals surface area contributed by atoms with E-state index in [1.165, 1.54) is 18.2 Å². The Kier molecular flexibility index (Phi) is 7.45. The Hall–Kier alpha value is -1.80. The van der Waals surface area contributed by atoms with E-state index in [1.54, 1.807) is 12.1 Å². The summed E-state index contributed by atoms with van der Waals surface area (Å²) in [6.45, 7) is 0. The van der Waals surface area contributed by atoms with Crippen molar-refractivity contribution in [3.8, 4) is 0 Å². The first-order valence-electron chi connectivity index (χ1n) is 9.78. The SMILES string of the molecule is O=C(Nc1ccc(F)cc1F)c1cc(NC(=O)C2C(c3cc(Cl)cc(Cl)c3)C2(Cl)Cl)cc(Cl)c1Cl. The summed E-state index contributed by atoms with van der Waals surface area (Å²) in [7, 11) is 0. The lowest BCUT2D eigenvalue weighted by Crippen LogP contribution is -2.18. The first-order valence-corrected chi connectivity index (χ1v) is 12.1. The summed E-state index contributed by atoms with van der Waals surface area (Å²) in [5.41, 5.74) is 0.277. The smallest absolute Gasteiger partial charge is 0.257 e. The molecule has 1 aliphatic carbocycles. The molecule has 2 unspecified atom stereocenters. The largest absolute Gasteiger partial charge is 0.326 e. The molecule has 0 heterocycles. The molecule has 4 nitrogen and oxygen atoms in total. The fraction of sp³-hybridized carbons (Fsp3) is 0.130. The second-order valence-corrected chi connectivity index (χ2v) is 10.8. The minimum atomic E-state index is -1.42. The first-order chi connectivity index (χ1) is 16.4. The molecule has 0 aliphatic heterocycles. The maximum absolute atomic E-state index is 13.9. The van der Waals surface area contributed by atoms with Crippen LogP contribution in [0.25, 0.3) is 0 Å². The second-order valence-electron chi connectivity index (χ2n) is 7.72. The highest BCUT2D eigenvalue weighted by atomic mass is 35.5. The number of anilines is 2. The summed E-state index contributed by atoms with van der Waals surface area (Å²) in [6, 6.07) is 9.99. The molecule has 0 spiro atoms. The topological polar surface area (TPSA) is 58.2 Å². The van der Waals surface area contributed by atoms with Crippen LogP contribution in [0.15, 0.2) is 48.5 Å². The first kappa shape index (κ1) is 26.3. The van der Waals surface area contributed by atoms with Gasteiger partial charge in [-0.05, 0) is 48.0 Å². The van der Waals surface area contributed by atoms with E-state index < -0.39 is 39.6 Å². The van der Waals surface area contributed by atoms with Gasteiger partial charge in [-0.1, -0.05) is 46.4 Å². The predicted molar refractivity (Wildman–Crippen MR) is 137 cm³/mol. The van der Waals surface area contributed by atoms with Gasteiger partial charge in [0.1, 0.15) is 16.0 Å². The van der Waals surface area contributed by atoms with Crippen molar-refractivity contribution in [2.45, 2.75) is 10.3 Å². The molecule has 0 bridgehead atoms.